The molecule has 8 heteroatoms. The number of Topliss-reactive ketones (excluding diaryl/α,β-unsaturated/α-hetero) is 1. The van der Waals surface area contributed by atoms with Crippen LogP contribution >= 0.6 is 11.8 Å². The predicted molar refractivity (Wildman–Crippen MR) is 151 cm³/mol. The standard InChI is InChI=1S/C31H25FN2O4S/c1-38-25-15-11-21(12-16-25)29(35)20-39-26-17-13-24(14-18-26)33-31(37)28(19-23-9-5-6-10-27(23)32)34-30(36)22-7-3-2-4-8-22/h2-19H,20H2,1H3,(H,33,37)(H,34,36)/b28-19-. The van der Waals surface area contributed by atoms with Crippen molar-refractivity contribution < 1.29 is 23.5 Å². The van der Waals surface area contributed by atoms with Gasteiger partial charge in [-0.3, -0.25) is 14.4 Å². The van der Waals surface area contributed by atoms with E-state index in [-0.39, 0.29) is 22.8 Å². The summed E-state index contributed by atoms with van der Waals surface area (Å²) in [6, 6.07) is 28.3. The Balaban J connectivity index is 1.43. The molecule has 0 spiro atoms. The van der Waals surface area contributed by atoms with Crippen LogP contribution < -0.4 is 15.4 Å². The molecule has 0 bridgehead atoms. The first-order valence-electron chi connectivity index (χ1n) is 12.0. The largest absolute Gasteiger partial charge is 0.497 e. The number of amides is 2. The van der Waals surface area contributed by atoms with Crippen LogP contribution in [0.5, 0.6) is 5.75 Å². The molecule has 0 heterocycles. The first-order chi connectivity index (χ1) is 18.9. The van der Waals surface area contributed by atoms with Crippen molar-refractivity contribution in [2.45, 2.75) is 4.90 Å². The predicted octanol–water partition coefficient (Wildman–Crippen LogP) is 6.22. The maximum atomic E-state index is 14.3. The Kier molecular flexibility index (Phi) is 9.26. The maximum Gasteiger partial charge on any atom is 0.272 e. The fraction of sp³-hybridized carbons (Fsp3) is 0.0645. The highest BCUT2D eigenvalue weighted by atomic mass is 32.2. The zero-order valence-electron chi connectivity index (χ0n) is 21.0. The van der Waals surface area contributed by atoms with E-state index in [1.807, 2.05) is 0 Å². The highest BCUT2D eigenvalue weighted by molar-refractivity contribution is 8.00. The number of nitrogens with one attached hydrogen (secondary N) is 2. The van der Waals surface area contributed by atoms with Gasteiger partial charge in [0.05, 0.1) is 12.9 Å². The molecule has 4 rings (SSSR count). The van der Waals surface area contributed by atoms with Crippen molar-refractivity contribution in [3.63, 3.8) is 0 Å². The lowest BCUT2D eigenvalue weighted by Gasteiger charge is -2.12. The molecule has 2 N–H and O–H groups in total. The van der Waals surface area contributed by atoms with Gasteiger partial charge in [0.1, 0.15) is 17.3 Å². The maximum absolute atomic E-state index is 14.3. The SMILES string of the molecule is COc1ccc(C(=O)CSc2ccc(NC(=O)/C(=C/c3ccccc3F)NC(=O)c3ccccc3)cc2)cc1. The van der Waals surface area contributed by atoms with E-state index in [0.717, 1.165) is 4.90 Å². The Morgan fingerprint density at radius 2 is 1.49 bits per heavy atom. The molecule has 0 aliphatic heterocycles. The normalized spacial score (nSPS) is 11.0. The number of rotatable bonds is 10. The van der Waals surface area contributed by atoms with Crippen molar-refractivity contribution >= 4 is 41.1 Å². The third-order valence-electron chi connectivity index (χ3n) is 5.63. The average molecular weight is 541 g/mol. The topological polar surface area (TPSA) is 84.5 Å². The summed E-state index contributed by atoms with van der Waals surface area (Å²) in [7, 11) is 1.57. The van der Waals surface area contributed by atoms with E-state index in [2.05, 4.69) is 10.6 Å². The van der Waals surface area contributed by atoms with Crippen LogP contribution in [0.1, 0.15) is 26.3 Å². The Bertz CT molecular complexity index is 1490. The number of benzene rings is 4. The van der Waals surface area contributed by atoms with Gasteiger partial charge in [-0.1, -0.05) is 36.4 Å². The molecule has 0 aliphatic rings. The zero-order chi connectivity index (χ0) is 27.6. The second-order valence-electron chi connectivity index (χ2n) is 8.32. The fourth-order valence-corrected chi connectivity index (χ4v) is 4.33. The van der Waals surface area contributed by atoms with Gasteiger partial charge in [0.2, 0.25) is 0 Å². The minimum atomic E-state index is -0.613. The molecule has 0 saturated heterocycles. The third kappa shape index (κ3) is 7.66. The van der Waals surface area contributed by atoms with Crippen molar-refractivity contribution in [2.75, 3.05) is 18.2 Å². The highest BCUT2D eigenvalue weighted by Crippen LogP contribution is 2.23. The van der Waals surface area contributed by atoms with Crippen LogP contribution in [0.15, 0.2) is 114 Å². The lowest BCUT2D eigenvalue weighted by molar-refractivity contribution is -0.113. The molecule has 4 aromatic carbocycles. The first kappa shape index (κ1) is 27.3. The Labute approximate surface area is 229 Å². The molecule has 0 aromatic heterocycles. The van der Waals surface area contributed by atoms with Crippen molar-refractivity contribution in [3.8, 4) is 5.75 Å². The molecule has 0 radical (unpaired) electrons. The molecule has 0 unspecified atom stereocenters. The molecule has 0 saturated carbocycles. The van der Waals surface area contributed by atoms with Gasteiger partial charge in [0.25, 0.3) is 11.8 Å². The summed E-state index contributed by atoms with van der Waals surface area (Å²) < 4.78 is 19.4. The molecule has 4 aromatic rings. The summed E-state index contributed by atoms with van der Waals surface area (Å²) in [5.74, 6) is -0.721. The van der Waals surface area contributed by atoms with Gasteiger partial charge in [-0.2, -0.15) is 0 Å². The van der Waals surface area contributed by atoms with Crippen LogP contribution in [0.2, 0.25) is 0 Å². The average Bonchev–Trinajstić information content (AvgIpc) is 2.97. The highest BCUT2D eigenvalue weighted by Gasteiger charge is 2.16. The molecule has 39 heavy (non-hydrogen) atoms. The van der Waals surface area contributed by atoms with Gasteiger partial charge in [-0.15, -0.1) is 11.8 Å². The summed E-state index contributed by atoms with van der Waals surface area (Å²) in [5.41, 5.74) is 1.47. The first-order valence-corrected chi connectivity index (χ1v) is 13.0. The number of hydrogen-bond donors (Lipinski definition) is 2. The van der Waals surface area contributed by atoms with Gasteiger partial charge in [-0.05, 0) is 72.8 Å². The van der Waals surface area contributed by atoms with Crippen LogP contribution in [-0.4, -0.2) is 30.5 Å². The van der Waals surface area contributed by atoms with Gasteiger partial charge in [-0.25, -0.2) is 4.39 Å². The number of ketones is 1. The van der Waals surface area contributed by atoms with Crippen molar-refractivity contribution in [1.29, 1.82) is 0 Å². The summed E-state index contributed by atoms with van der Waals surface area (Å²) in [5, 5.41) is 5.32. The summed E-state index contributed by atoms with van der Waals surface area (Å²) in [6.07, 6.45) is 1.29. The van der Waals surface area contributed by atoms with Crippen molar-refractivity contribution in [2.24, 2.45) is 0 Å². The number of methoxy groups -OCH3 is 1. The van der Waals surface area contributed by atoms with E-state index in [0.29, 0.717) is 22.6 Å². The monoisotopic (exact) mass is 540 g/mol. The van der Waals surface area contributed by atoms with E-state index < -0.39 is 17.6 Å². The quantitative estimate of drug-likeness (QED) is 0.142. The Morgan fingerprint density at radius 3 is 2.15 bits per heavy atom. The van der Waals surface area contributed by atoms with E-state index >= 15 is 0 Å². The van der Waals surface area contributed by atoms with Crippen LogP contribution in [0.25, 0.3) is 6.08 Å². The number of hydrogen-bond acceptors (Lipinski definition) is 5. The second-order valence-corrected chi connectivity index (χ2v) is 9.37. The molecular weight excluding hydrogens is 515 g/mol. The molecule has 6 nitrogen and oxygen atoms in total. The van der Waals surface area contributed by atoms with Gasteiger partial charge >= 0.3 is 0 Å². The number of thioether (sulfide) groups is 1. The third-order valence-corrected chi connectivity index (χ3v) is 6.64. The lowest BCUT2D eigenvalue weighted by atomic mass is 10.1. The van der Waals surface area contributed by atoms with Crippen molar-refractivity contribution in [1.82, 2.24) is 5.32 Å². The number of carbonyl (C=O) groups is 3. The number of carbonyl (C=O) groups excluding carboxylic acids is 3. The number of ether oxygens (including phenoxy) is 1. The summed E-state index contributed by atoms with van der Waals surface area (Å²) in [4.78, 5) is 39.2. The van der Waals surface area contributed by atoms with Gasteiger partial charge < -0.3 is 15.4 Å². The minimum absolute atomic E-state index is 0.0166. The van der Waals surface area contributed by atoms with Crippen LogP contribution in [0, 0.1) is 5.82 Å². The Hall–Kier alpha value is -4.69. The molecule has 2 amide bonds. The number of anilines is 1. The number of halogens is 1. The van der Waals surface area contributed by atoms with Crippen LogP contribution in [0.4, 0.5) is 10.1 Å². The van der Waals surface area contributed by atoms with Gasteiger partial charge in [0, 0.05) is 27.3 Å². The second kappa shape index (κ2) is 13.2. The summed E-state index contributed by atoms with van der Waals surface area (Å²) >= 11 is 1.37. The van der Waals surface area contributed by atoms with E-state index in [9.17, 15) is 18.8 Å². The molecule has 0 fully saturated rings. The smallest absolute Gasteiger partial charge is 0.272 e. The van der Waals surface area contributed by atoms with Gasteiger partial charge in [0.15, 0.2) is 5.78 Å². The van der Waals surface area contributed by atoms with Crippen molar-refractivity contribution in [3.05, 3.63) is 131 Å². The molecular formula is C31H25FN2O4S. The minimum Gasteiger partial charge on any atom is -0.497 e. The molecule has 0 atom stereocenters. The zero-order valence-corrected chi connectivity index (χ0v) is 21.8. The fourth-order valence-electron chi connectivity index (χ4n) is 3.53. The van der Waals surface area contributed by atoms with Crippen LogP contribution in [0.3, 0.4) is 0 Å². The molecule has 0 aliphatic carbocycles. The lowest BCUT2D eigenvalue weighted by Crippen LogP contribution is -2.30. The summed E-state index contributed by atoms with van der Waals surface area (Å²) in [6.45, 7) is 0. The van der Waals surface area contributed by atoms with E-state index in [1.165, 1.54) is 30.0 Å². The molecule has 196 valence electrons. The Morgan fingerprint density at radius 1 is 0.821 bits per heavy atom. The van der Waals surface area contributed by atoms with E-state index in [1.54, 1.807) is 98.1 Å². The van der Waals surface area contributed by atoms with Crippen LogP contribution in [-0.2, 0) is 4.79 Å². The van der Waals surface area contributed by atoms with E-state index in [4.69, 9.17) is 4.74 Å².